The van der Waals surface area contributed by atoms with Crippen LogP contribution in [-0.4, -0.2) is 33.7 Å². The number of hydrogen-bond acceptors (Lipinski definition) is 4. The Labute approximate surface area is 136 Å². The number of carbonyl (C=O) groups excluding carboxylic acids is 1. The first kappa shape index (κ1) is 17.0. The molecule has 0 aliphatic heterocycles. The number of hydrogen-bond donors (Lipinski definition) is 1. The summed E-state index contributed by atoms with van der Waals surface area (Å²) in [6.07, 6.45) is 1.11. The lowest BCUT2D eigenvalue weighted by Gasteiger charge is -2.08. The third kappa shape index (κ3) is 5.10. The summed E-state index contributed by atoms with van der Waals surface area (Å²) in [6.45, 7) is 2.66. The minimum Gasteiger partial charge on any atom is -0.492 e. The fourth-order valence-corrected chi connectivity index (χ4v) is 2.60. The molecule has 0 heterocycles. The number of benzene rings is 2. The zero-order chi connectivity index (χ0) is 16.9. The monoisotopic (exact) mass is 333 g/mol. The van der Waals surface area contributed by atoms with Crippen molar-refractivity contribution in [2.24, 2.45) is 0 Å². The predicted octanol–water partition coefficient (Wildman–Crippen LogP) is 2.21. The molecule has 0 spiro atoms. The van der Waals surface area contributed by atoms with Crippen LogP contribution in [-0.2, 0) is 9.84 Å². The van der Waals surface area contributed by atoms with Gasteiger partial charge >= 0.3 is 0 Å². The molecule has 0 atom stereocenters. The van der Waals surface area contributed by atoms with E-state index in [1.807, 2.05) is 31.2 Å². The fourth-order valence-electron chi connectivity index (χ4n) is 1.94. The zero-order valence-corrected chi connectivity index (χ0v) is 13.9. The molecule has 0 saturated heterocycles. The molecule has 122 valence electrons. The van der Waals surface area contributed by atoms with Gasteiger partial charge in [-0.05, 0) is 37.3 Å². The Balaban J connectivity index is 1.86. The van der Waals surface area contributed by atoms with Crippen LogP contribution in [0.3, 0.4) is 0 Å². The summed E-state index contributed by atoms with van der Waals surface area (Å²) in [5.41, 5.74) is 1.46. The molecule has 1 N–H and O–H groups in total. The second-order valence-corrected chi connectivity index (χ2v) is 7.23. The maximum atomic E-state index is 12.0. The number of nitrogens with one attached hydrogen (secondary N) is 1. The first-order valence-electron chi connectivity index (χ1n) is 7.14. The van der Waals surface area contributed by atoms with E-state index in [4.69, 9.17) is 4.74 Å². The summed E-state index contributed by atoms with van der Waals surface area (Å²) in [5, 5.41) is 2.70. The molecule has 0 saturated carbocycles. The Kier molecular flexibility index (Phi) is 5.39. The van der Waals surface area contributed by atoms with Gasteiger partial charge in [-0.25, -0.2) is 8.42 Å². The van der Waals surface area contributed by atoms with E-state index in [0.717, 1.165) is 17.6 Å². The van der Waals surface area contributed by atoms with Crippen molar-refractivity contribution in [2.45, 2.75) is 11.8 Å². The number of sulfone groups is 1. The van der Waals surface area contributed by atoms with Gasteiger partial charge in [0.15, 0.2) is 9.84 Å². The van der Waals surface area contributed by atoms with Gasteiger partial charge in [-0.15, -0.1) is 0 Å². The van der Waals surface area contributed by atoms with E-state index in [9.17, 15) is 13.2 Å². The van der Waals surface area contributed by atoms with Crippen molar-refractivity contribution in [3.05, 3.63) is 59.7 Å². The Morgan fingerprint density at radius 1 is 1.13 bits per heavy atom. The van der Waals surface area contributed by atoms with E-state index in [0.29, 0.717) is 18.7 Å². The highest BCUT2D eigenvalue weighted by molar-refractivity contribution is 7.90. The maximum absolute atomic E-state index is 12.0. The van der Waals surface area contributed by atoms with E-state index >= 15 is 0 Å². The van der Waals surface area contributed by atoms with Gasteiger partial charge in [0.05, 0.1) is 11.4 Å². The molecular weight excluding hydrogens is 314 g/mol. The smallest absolute Gasteiger partial charge is 0.251 e. The molecule has 23 heavy (non-hydrogen) atoms. The van der Waals surface area contributed by atoms with Crippen molar-refractivity contribution in [1.82, 2.24) is 5.32 Å². The van der Waals surface area contributed by atoms with Gasteiger partial charge < -0.3 is 10.1 Å². The van der Waals surface area contributed by atoms with Crippen LogP contribution in [0.4, 0.5) is 0 Å². The molecule has 2 aromatic rings. The Morgan fingerprint density at radius 2 is 1.83 bits per heavy atom. The van der Waals surface area contributed by atoms with Gasteiger partial charge in [-0.1, -0.05) is 23.8 Å². The van der Waals surface area contributed by atoms with E-state index in [2.05, 4.69) is 5.32 Å². The molecular formula is C17H19NO4S. The molecule has 1 amide bonds. The van der Waals surface area contributed by atoms with E-state index in [1.54, 1.807) is 12.1 Å². The average molecular weight is 333 g/mol. The second-order valence-electron chi connectivity index (χ2n) is 5.22. The minimum atomic E-state index is -3.33. The van der Waals surface area contributed by atoms with Crippen LogP contribution in [0, 0.1) is 6.92 Å². The van der Waals surface area contributed by atoms with Gasteiger partial charge in [0.1, 0.15) is 12.4 Å². The number of carbonyl (C=O) groups is 1. The molecule has 0 fully saturated rings. The van der Waals surface area contributed by atoms with Gasteiger partial charge in [0.25, 0.3) is 5.91 Å². The number of ether oxygens (including phenoxy) is 1. The highest BCUT2D eigenvalue weighted by atomic mass is 32.2. The van der Waals surface area contributed by atoms with E-state index in [-0.39, 0.29) is 10.8 Å². The average Bonchev–Trinajstić information content (AvgIpc) is 2.52. The number of aryl methyl sites for hydroxylation is 1. The molecule has 0 aliphatic carbocycles. The van der Waals surface area contributed by atoms with Crippen molar-refractivity contribution in [2.75, 3.05) is 19.4 Å². The van der Waals surface area contributed by atoms with Crippen LogP contribution in [0.1, 0.15) is 15.9 Å². The molecule has 2 rings (SSSR count). The summed E-state index contributed by atoms with van der Waals surface area (Å²) in [5.74, 6) is 0.409. The largest absolute Gasteiger partial charge is 0.492 e. The highest BCUT2D eigenvalue weighted by Gasteiger charge is 2.11. The van der Waals surface area contributed by atoms with Gasteiger partial charge in [0, 0.05) is 11.8 Å². The third-order valence-corrected chi connectivity index (χ3v) is 4.31. The van der Waals surface area contributed by atoms with Gasteiger partial charge in [-0.2, -0.15) is 0 Å². The molecule has 6 heteroatoms. The van der Waals surface area contributed by atoms with Crippen molar-refractivity contribution in [1.29, 1.82) is 0 Å². The topological polar surface area (TPSA) is 72.5 Å². The highest BCUT2D eigenvalue weighted by Crippen LogP contribution is 2.12. The molecule has 0 radical (unpaired) electrons. The Morgan fingerprint density at radius 3 is 2.48 bits per heavy atom. The Bertz CT molecular complexity index is 782. The van der Waals surface area contributed by atoms with Crippen LogP contribution >= 0.6 is 0 Å². The van der Waals surface area contributed by atoms with Crippen LogP contribution in [0.15, 0.2) is 53.4 Å². The van der Waals surface area contributed by atoms with Gasteiger partial charge in [0.2, 0.25) is 0 Å². The van der Waals surface area contributed by atoms with Crippen LogP contribution in [0.2, 0.25) is 0 Å². The zero-order valence-electron chi connectivity index (χ0n) is 13.1. The lowest BCUT2D eigenvalue weighted by atomic mass is 10.2. The minimum absolute atomic E-state index is 0.126. The predicted molar refractivity (Wildman–Crippen MR) is 88.6 cm³/mol. The van der Waals surface area contributed by atoms with E-state index in [1.165, 1.54) is 12.1 Å². The molecule has 0 aromatic heterocycles. The molecule has 2 aromatic carbocycles. The van der Waals surface area contributed by atoms with E-state index < -0.39 is 9.84 Å². The van der Waals surface area contributed by atoms with Crippen molar-refractivity contribution < 1.29 is 17.9 Å². The standard InChI is InChI=1S/C17H19NO4S/c1-13-6-8-15(9-7-13)22-11-10-18-17(19)14-4-3-5-16(12-14)23(2,20)21/h3-9,12H,10-11H2,1-2H3,(H,18,19). The summed E-state index contributed by atoms with van der Waals surface area (Å²) in [6, 6.07) is 13.6. The summed E-state index contributed by atoms with van der Waals surface area (Å²) < 4.78 is 28.5. The fraction of sp³-hybridized carbons (Fsp3) is 0.235. The van der Waals surface area contributed by atoms with Crippen LogP contribution < -0.4 is 10.1 Å². The summed E-state index contributed by atoms with van der Waals surface area (Å²) in [4.78, 5) is 12.1. The van der Waals surface area contributed by atoms with Crippen LogP contribution in [0.5, 0.6) is 5.75 Å². The quantitative estimate of drug-likeness (QED) is 0.823. The van der Waals surface area contributed by atoms with Crippen molar-refractivity contribution >= 4 is 15.7 Å². The SMILES string of the molecule is Cc1ccc(OCCNC(=O)c2cccc(S(C)(=O)=O)c2)cc1. The second kappa shape index (κ2) is 7.28. The molecule has 5 nitrogen and oxygen atoms in total. The maximum Gasteiger partial charge on any atom is 0.251 e. The first-order valence-corrected chi connectivity index (χ1v) is 9.03. The molecule has 0 bridgehead atoms. The van der Waals surface area contributed by atoms with Crippen LogP contribution in [0.25, 0.3) is 0 Å². The van der Waals surface area contributed by atoms with Crippen molar-refractivity contribution in [3.63, 3.8) is 0 Å². The summed E-state index contributed by atoms with van der Waals surface area (Å²) >= 11 is 0. The normalized spacial score (nSPS) is 11.0. The third-order valence-electron chi connectivity index (χ3n) is 3.20. The lowest BCUT2D eigenvalue weighted by Crippen LogP contribution is -2.28. The first-order chi connectivity index (χ1) is 10.9. The Hall–Kier alpha value is -2.34. The molecule has 0 aliphatic rings. The molecule has 0 unspecified atom stereocenters. The number of amides is 1. The lowest BCUT2D eigenvalue weighted by molar-refractivity contribution is 0.0947. The van der Waals surface area contributed by atoms with Crippen molar-refractivity contribution in [3.8, 4) is 5.75 Å². The number of rotatable bonds is 6. The van der Waals surface area contributed by atoms with Gasteiger partial charge in [-0.3, -0.25) is 4.79 Å². The summed E-state index contributed by atoms with van der Waals surface area (Å²) in [7, 11) is -3.33.